The van der Waals surface area contributed by atoms with Crippen molar-refractivity contribution in [1.29, 1.82) is 0 Å². The summed E-state index contributed by atoms with van der Waals surface area (Å²) in [6.07, 6.45) is 1.79. The number of fused-ring (bicyclic) bond motifs is 6. The van der Waals surface area contributed by atoms with Crippen LogP contribution in [0.1, 0.15) is 0 Å². The first kappa shape index (κ1) is 18.0. The summed E-state index contributed by atoms with van der Waals surface area (Å²) in [5.74, 6) is 0. The molecule has 0 spiro atoms. The van der Waals surface area contributed by atoms with Crippen molar-refractivity contribution in [3.8, 4) is 22.5 Å². The summed E-state index contributed by atoms with van der Waals surface area (Å²) in [4.78, 5) is 14.2. The number of aromatic nitrogens is 4. The van der Waals surface area contributed by atoms with Gasteiger partial charge >= 0.3 is 0 Å². The first-order valence-electron chi connectivity index (χ1n) is 11.0. The van der Waals surface area contributed by atoms with Crippen molar-refractivity contribution in [1.82, 2.24) is 19.4 Å². The fourth-order valence-electron chi connectivity index (χ4n) is 4.64. The molecule has 0 unspecified atom stereocenters. The van der Waals surface area contributed by atoms with Crippen molar-refractivity contribution in [3.63, 3.8) is 0 Å². The van der Waals surface area contributed by atoms with Crippen LogP contribution in [0.25, 0.3) is 61.0 Å². The van der Waals surface area contributed by atoms with Gasteiger partial charge in [-0.15, -0.1) is 0 Å². The van der Waals surface area contributed by atoms with Crippen LogP contribution in [-0.4, -0.2) is 19.4 Å². The summed E-state index contributed by atoms with van der Waals surface area (Å²) in [7, 11) is 0. The minimum atomic E-state index is 0.900. The Labute approximate surface area is 189 Å². The van der Waals surface area contributed by atoms with Gasteiger partial charge in [-0.25, -0.2) is 9.97 Å². The van der Waals surface area contributed by atoms with Crippen LogP contribution in [0.2, 0.25) is 0 Å². The van der Waals surface area contributed by atoms with E-state index in [0.29, 0.717) is 0 Å². The van der Waals surface area contributed by atoms with Gasteiger partial charge in [0, 0.05) is 22.7 Å². The molecule has 0 aliphatic rings. The Kier molecular flexibility index (Phi) is 3.81. The van der Waals surface area contributed by atoms with E-state index in [9.17, 15) is 0 Å². The van der Waals surface area contributed by atoms with Gasteiger partial charge in [-0.3, -0.25) is 4.98 Å². The lowest BCUT2D eigenvalue weighted by atomic mass is 10.0. The molecule has 0 atom stereocenters. The quantitative estimate of drug-likeness (QED) is 0.304. The predicted molar refractivity (Wildman–Crippen MR) is 134 cm³/mol. The predicted octanol–water partition coefficient (Wildman–Crippen LogP) is 6.92. The fraction of sp³-hybridized carbons (Fsp3) is 0. The monoisotopic (exact) mass is 422 g/mol. The van der Waals surface area contributed by atoms with Crippen molar-refractivity contribution in [2.75, 3.05) is 0 Å². The SMILES string of the molecule is c1ccc2c(c1)cc1c(-c3ccc(-c4ccc5ncccc5n4)cc3)nc3ccccc3n12. The Morgan fingerprint density at radius 3 is 2.18 bits per heavy atom. The molecule has 0 aliphatic heterocycles. The average Bonchev–Trinajstić information content (AvgIpc) is 3.28. The normalized spacial score (nSPS) is 11.6. The molecule has 4 aromatic heterocycles. The molecule has 4 nitrogen and oxygen atoms in total. The van der Waals surface area contributed by atoms with Gasteiger partial charge < -0.3 is 4.40 Å². The van der Waals surface area contributed by atoms with E-state index in [-0.39, 0.29) is 0 Å². The maximum Gasteiger partial charge on any atom is 0.0950 e. The van der Waals surface area contributed by atoms with Gasteiger partial charge in [0.05, 0.1) is 44.5 Å². The maximum atomic E-state index is 5.07. The van der Waals surface area contributed by atoms with Crippen LogP contribution in [0, 0.1) is 0 Å². The molecule has 7 rings (SSSR count). The molecule has 0 fully saturated rings. The number of rotatable bonds is 2. The highest BCUT2D eigenvalue weighted by molar-refractivity contribution is 5.98. The highest BCUT2D eigenvalue weighted by Crippen LogP contribution is 2.33. The van der Waals surface area contributed by atoms with Gasteiger partial charge in [0.2, 0.25) is 0 Å². The van der Waals surface area contributed by atoms with E-state index in [1.807, 2.05) is 30.3 Å². The van der Waals surface area contributed by atoms with Crippen LogP contribution in [0.4, 0.5) is 0 Å². The van der Waals surface area contributed by atoms with Crippen molar-refractivity contribution >= 4 is 38.5 Å². The van der Waals surface area contributed by atoms with Gasteiger partial charge in [-0.2, -0.15) is 0 Å². The second-order valence-electron chi connectivity index (χ2n) is 8.19. The van der Waals surface area contributed by atoms with Crippen LogP contribution in [0.3, 0.4) is 0 Å². The number of pyridine rings is 2. The van der Waals surface area contributed by atoms with Crippen LogP contribution in [0.15, 0.2) is 109 Å². The number of para-hydroxylation sites is 3. The lowest BCUT2D eigenvalue weighted by Gasteiger charge is -2.10. The van der Waals surface area contributed by atoms with Crippen LogP contribution in [0.5, 0.6) is 0 Å². The third-order valence-electron chi connectivity index (χ3n) is 6.22. The first-order valence-corrected chi connectivity index (χ1v) is 11.0. The Bertz CT molecular complexity index is 1810. The van der Waals surface area contributed by atoms with E-state index in [1.54, 1.807) is 6.20 Å². The lowest BCUT2D eigenvalue weighted by molar-refractivity contribution is 1.27. The Morgan fingerprint density at radius 2 is 1.27 bits per heavy atom. The molecule has 4 heteroatoms. The number of hydrogen-bond donors (Lipinski definition) is 0. The van der Waals surface area contributed by atoms with Crippen molar-refractivity contribution in [2.24, 2.45) is 0 Å². The largest absolute Gasteiger partial charge is 0.306 e. The summed E-state index contributed by atoms with van der Waals surface area (Å²) in [5, 5.41) is 1.21. The molecular formula is C29H18N4. The van der Waals surface area contributed by atoms with E-state index in [1.165, 1.54) is 10.9 Å². The zero-order chi connectivity index (χ0) is 21.8. The smallest absolute Gasteiger partial charge is 0.0950 e. The van der Waals surface area contributed by atoms with E-state index >= 15 is 0 Å². The van der Waals surface area contributed by atoms with Gasteiger partial charge in [-0.05, 0) is 48.5 Å². The average molecular weight is 422 g/mol. The van der Waals surface area contributed by atoms with Crippen LogP contribution < -0.4 is 0 Å². The van der Waals surface area contributed by atoms with Crippen molar-refractivity contribution in [2.45, 2.75) is 0 Å². The number of hydrogen-bond acceptors (Lipinski definition) is 3. The fourth-order valence-corrected chi connectivity index (χ4v) is 4.64. The Balaban J connectivity index is 1.42. The summed E-state index contributed by atoms with van der Waals surface area (Å²) >= 11 is 0. The zero-order valence-electron chi connectivity index (χ0n) is 17.7. The summed E-state index contributed by atoms with van der Waals surface area (Å²) < 4.78 is 2.32. The van der Waals surface area contributed by atoms with Gasteiger partial charge in [0.15, 0.2) is 0 Å². The van der Waals surface area contributed by atoms with Crippen molar-refractivity contribution in [3.05, 3.63) is 109 Å². The van der Waals surface area contributed by atoms with E-state index in [2.05, 4.69) is 82.2 Å². The van der Waals surface area contributed by atoms with Crippen LogP contribution in [-0.2, 0) is 0 Å². The minimum absolute atomic E-state index is 0.900. The second-order valence-corrected chi connectivity index (χ2v) is 8.19. The molecule has 0 saturated heterocycles. The molecule has 33 heavy (non-hydrogen) atoms. The van der Waals surface area contributed by atoms with Gasteiger partial charge in [0.25, 0.3) is 0 Å². The first-order chi connectivity index (χ1) is 16.3. The van der Waals surface area contributed by atoms with Gasteiger partial charge in [0.1, 0.15) is 0 Å². The third-order valence-corrected chi connectivity index (χ3v) is 6.22. The highest BCUT2D eigenvalue weighted by Gasteiger charge is 2.14. The molecule has 0 N–H and O–H groups in total. The van der Waals surface area contributed by atoms with Gasteiger partial charge in [-0.1, -0.05) is 54.6 Å². The maximum absolute atomic E-state index is 5.07. The van der Waals surface area contributed by atoms with E-state index in [0.717, 1.165) is 50.1 Å². The number of benzene rings is 3. The third kappa shape index (κ3) is 2.81. The summed E-state index contributed by atoms with van der Waals surface area (Å²) in [5.41, 5.74) is 10.3. The number of nitrogens with zero attached hydrogens (tertiary/aromatic N) is 4. The zero-order valence-corrected chi connectivity index (χ0v) is 17.7. The molecule has 0 bridgehead atoms. The minimum Gasteiger partial charge on any atom is -0.306 e. The molecule has 3 aromatic carbocycles. The second kappa shape index (κ2) is 6.97. The molecule has 0 aliphatic carbocycles. The molecule has 4 heterocycles. The van der Waals surface area contributed by atoms with E-state index in [4.69, 9.17) is 9.97 Å². The van der Waals surface area contributed by atoms with Crippen molar-refractivity contribution < 1.29 is 0 Å². The highest BCUT2D eigenvalue weighted by atomic mass is 14.9. The molecule has 7 aromatic rings. The molecule has 0 radical (unpaired) electrons. The van der Waals surface area contributed by atoms with E-state index < -0.39 is 0 Å². The molecule has 0 amide bonds. The topological polar surface area (TPSA) is 43.1 Å². The molecule has 154 valence electrons. The molecular weight excluding hydrogens is 404 g/mol. The molecule has 0 saturated carbocycles. The Morgan fingerprint density at radius 1 is 0.515 bits per heavy atom. The standard InChI is InChI=1S/C29H18N4/c1-3-9-26-21(6-1)18-28-29(32-25-7-2-4-10-27(25)33(26)28)20-13-11-19(12-14-20)22-15-16-23-24(31-22)8-5-17-30-23/h1-18H. The summed E-state index contributed by atoms with van der Waals surface area (Å²) in [6.45, 7) is 0. The van der Waals surface area contributed by atoms with Crippen LogP contribution >= 0.6 is 0 Å². The Hall–Kier alpha value is -4.57. The summed E-state index contributed by atoms with van der Waals surface area (Å²) in [6, 6.07) is 35.5. The lowest BCUT2D eigenvalue weighted by Crippen LogP contribution is -1.95.